The maximum Gasteiger partial charge on any atom is 0.319 e. The number of benzene rings is 1. The van der Waals surface area contributed by atoms with Crippen LogP contribution in [0.4, 0.5) is 10.5 Å². The lowest BCUT2D eigenvalue weighted by molar-refractivity contribution is -0.871. The molecular formula is C18H23N3O3S. The third-order valence-corrected chi connectivity index (χ3v) is 4.38. The van der Waals surface area contributed by atoms with Crippen molar-refractivity contribution >= 4 is 29.0 Å². The number of hydrogen-bond donors (Lipinski definition) is 2. The zero-order valence-corrected chi connectivity index (χ0v) is 15.4. The van der Waals surface area contributed by atoms with Gasteiger partial charge in [-0.05, 0) is 29.1 Å². The van der Waals surface area contributed by atoms with Crippen molar-refractivity contribution in [2.24, 2.45) is 0 Å². The highest BCUT2D eigenvalue weighted by Crippen LogP contribution is 2.25. The maximum atomic E-state index is 12.2. The molecule has 6 nitrogen and oxygen atoms in total. The average Bonchev–Trinajstić information content (AvgIpc) is 2.99. The molecule has 1 atom stereocenters. The smallest absolute Gasteiger partial charge is 0.319 e. The molecule has 25 heavy (non-hydrogen) atoms. The van der Waals surface area contributed by atoms with E-state index >= 15 is 0 Å². The Balaban J connectivity index is 1.96. The zero-order chi connectivity index (χ0) is 18.4. The number of carbonyl (C=O) groups is 2. The van der Waals surface area contributed by atoms with Crippen molar-refractivity contribution in [2.75, 3.05) is 33.0 Å². The molecule has 0 radical (unpaired) electrons. The molecule has 2 N–H and O–H groups in total. The average molecular weight is 361 g/mol. The molecule has 2 amide bonds. The quantitative estimate of drug-likeness (QED) is 0.737. The van der Waals surface area contributed by atoms with Gasteiger partial charge in [0, 0.05) is 23.0 Å². The minimum absolute atomic E-state index is 0.222. The molecule has 1 aromatic heterocycles. The fourth-order valence-corrected chi connectivity index (χ4v) is 3.27. The number of carbonyl (C=O) groups excluding carboxylic acids is 2. The first-order valence-corrected chi connectivity index (χ1v) is 8.83. The zero-order valence-electron chi connectivity index (χ0n) is 14.6. The lowest BCUT2D eigenvalue weighted by Crippen LogP contribution is -2.51. The van der Waals surface area contributed by atoms with Gasteiger partial charge in [0.15, 0.2) is 0 Å². The van der Waals surface area contributed by atoms with Crippen LogP contribution < -0.4 is 15.7 Å². The van der Waals surface area contributed by atoms with E-state index in [0.717, 1.165) is 10.4 Å². The van der Waals surface area contributed by atoms with Crippen LogP contribution in [0, 0.1) is 0 Å². The van der Waals surface area contributed by atoms with Crippen LogP contribution in [0.15, 0.2) is 41.8 Å². The predicted molar refractivity (Wildman–Crippen MR) is 98.2 cm³/mol. The van der Waals surface area contributed by atoms with E-state index in [9.17, 15) is 14.7 Å². The van der Waals surface area contributed by atoms with Gasteiger partial charge in [0.25, 0.3) is 0 Å². The molecule has 2 aromatic rings. The summed E-state index contributed by atoms with van der Waals surface area (Å²) in [6.45, 7) is 0.485. The van der Waals surface area contributed by atoms with Crippen molar-refractivity contribution in [2.45, 2.75) is 12.5 Å². The van der Waals surface area contributed by atoms with E-state index in [4.69, 9.17) is 0 Å². The summed E-state index contributed by atoms with van der Waals surface area (Å²) in [5.41, 5.74) is 1.73. The number of anilines is 1. The van der Waals surface area contributed by atoms with Crippen molar-refractivity contribution in [3.05, 3.63) is 41.8 Å². The Bertz CT molecular complexity index is 706. The Morgan fingerprint density at radius 2 is 1.84 bits per heavy atom. The van der Waals surface area contributed by atoms with E-state index in [0.29, 0.717) is 16.7 Å². The number of quaternary nitrogens is 1. The van der Waals surface area contributed by atoms with Gasteiger partial charge >= 0.3 is 6.03 Å². The van der Waals surface area contributed by atoms with Crippen molar-refractivity contribution in [3.63, 3.8) is 0 Å². The molecule has 0 aliphatic heterocycles. The van der Waals surface area contributed by atoms with Crippen LogP contribution >= 0.6 is 11.3 Å². The molecule has 1 aromatic carbocycles. The van der Waals surface area contributed by atoms with E-state index in [1.54, 1.807) is 11.3 Å². The summed E-state index contributed by atoms with van der Waals surface area (Å²) in [6.07, 6.45) is -0.222. The fraction of sp³-hybridized carbons (Fsp3) is 0.333. The van der Waals surface area contributed by atoms with E-state index in [1.807, 2.05) is 62.9 Å². The molecule has 1 heterocycles. The van der Waals surface area contributed by atoms with Crippen molar-refractivity contribution < 1.29 is 19.2 Å². The Hall–Kier alpha value is -2.38. The Labute approximate surface area is 151 Å². The number of rotatable bonds is 7. The van der Waals surface area contributed by atoms with Crippen LogP contribution in [-0.4, -0.2) is 50.2 Å². The van der Waals surface area contributed by atoms with Crippen LogP contribution in [0.5, 0.6) is 0 Å². The Kier molecular flexibility index (Phi) is 6.17. The van der Waals surface area contributed by atoms with Gasteiger partial charge in [0.2, 0.25) is 0 Å². The van der Waals surface area contributed by atoms with Crippen molar-refractivity contribution in [1.29, 1.82) is 0 Å². The first kappa shape index (κ1) is 19.0. The second kappa shape index (κ2) is 8.13. The highest BCUT2D eigenvalue weighted by molar-refractivity contribution is 7.13. The number of nitrogens with one attached hydrogen (secondary N) is 2. The van der Waals surface area contributed by atoms with Crippen molar-refractivity contribution in [1.82, 2.24) is 5.32 Å². The van der Waals surface area contributed by atoms with E-state index in [-0.39, 0.29) is 6.42 Å². The van der Waals surface area contributed by atoms with Gasteiger partial charge in [0.1, 0.15) is 0 Å². The van der Waals surface area contributed by atoms with Gasteiger partial charge < -0.3 is 25.0 Å². The SMILES string of the molecule is C[N+](C)(C)CC(CC(=O)[O-])NC(=O)Nc1ccc(-c2cccs2)cc1. The predicted octanol–water partition coefficient (Wildman–Crippen LogP) is 1.75. The lowest BCUT2D eigenvalue weighted by atomic mass is 10.1. The summed E-state index contributed by atoms with van der Waals surface area (Å²) in [5, 5.41) is 18.4. The molecule has 0 saturated heterocycles. The molecule has 1 unspecified atom stereocenters. The summed E-state index contributed by atoms with van der Waals surface area (Å²) in [6, 6.07) is 10.6. The molecule has 0 aliphatic rings. The number of thiophene rings is 1. The van der Waals surface area contributed by atoms with E-state index in [2.05, 4.69) is 10.6 Å². The summed E-state index contributed by atoms with van der Waals surface area (Å²) in [4.78, 5) is 24.2. The number of carboxylic acids is 1. The molecule has 0 fully saturated rings. The molecule has 0 spiro atoms. The van der Waals surface area contributed by atoms with Gasteiger partial charge in [-0.3, -0.25) is 0 Å². The number of nitrogens with zero attached hydrogens (tertiary/aromatic N) is 1. The topological polar surface area (TPSA) is 81.3 Å². The summed E-state index contributed by atoms with van der Waals surface area (Å²) >= 11 is 1.65. The largest absolute Gasteiger partial charge is 0.550 e. The number of carboxylic acid groups (broad SMARTS) is 1. The van der Waals surface area contributed by atoms with Gasteiger partial charge in [-0.15, -0.1) is 11.3 Å². The number of aliphatic carboxylic acids is 1. The summed E-state index contributed by atoms with van der Waals surface area (Å²) < 4.78 is 0.535. The van der Waals surface area contributed by atoms with Gasteiger partial charge in [-0.25, -0.2) is 4.79 Å². The van der Waals surface area contributed by atoms with Crippen LogP contribution in [0.25, 0.3) is 10.4 Å². The molecule has 0 bridgehead atoms. The van der Waals surface area contributed by atoms with Crippen LogP contribution in [-0.2, 0) is 4.79 Å². The lowest BCUT2D eigenvalue weighted by Gasteiger charge is -2.30. The Morgan fingerprint density at radius 3 is 2.36 bits per heavy atom. The summed E-state index contributed by atoms with van der Waals surface area (Å²) in [5.74, 6) is -1.18. The van der Waals surface area contributed by atoms with E-state index in [1.165, 1.54) is 0 Å². The number of likely N-dealkylation sites (N-methyl/N-ethyl adjacent to an activating group) is 1. The first-order valence-electron chi connectivity index (χ1n) is 7.95. The third kappa shape index (κ3) is 6.56. The van der Waals surface area contributed by atoms with Crippen molar-refractivity contribution in [3.8, 4) is 10.4 Å². The minimum Gasteiger partial charge on any atom is -0.550 e. The second-order valence-corrected chi connectivity index (χ2v) is 7.85. The van der Waals surface area contributed by atoms with Gasteiger partial charge in [0.05, 0.1) is 33.7 Å². The van der Waals surface area contributed by atoms with Crippen LogP contribution in [0.2, 0.25) is 0 Å². The molecule has 0 aliphatic carbocycles. The molecule has 0 saturated carbocycles. The van der Waals surface area contributed by atoms with Crippen LogP contribution in [0.3, 0.4) is 0 Å². The van der Waals surface area contributed by atoms with Gasteiger partial charge in [-0.1, -0.05) is 18.2 Å². The third-order valence-electron chi connectivity index (χ3n) is 3.46. The minimum atomic E-state index is -1.18. The maximum absolute atomic E-state index is 12.2. The van der Waals surface area contributed by atoms with Gasteiger partial charge in [-0.2, -0.15) is 0 Å². The highest BCUT2D eigenvalue weighted by Gasteiger charge is 2.20. The normalized spacial score (nSPS) is 12.4. The number of amides is 2. The Morgan fingerprint density at radius 1 is 1.16 bits per heavy atom. The molecule has 7 heteroatoms. The second-order valence-electron chi connectivity index (χ2n) is 6.90. The fourth-order valence-electron chi connectivity index (χ4n) is 2.54. The first-order chi connectivity index (χ1) is 11.7. The molecular weight excluding hydrogens is 338 g/mol. The monoisotopic (exact) mass is 361 g/mol. The van der Waals surface area contributed by atoms with E-state index < -0.39 is 18.0 Å². The number of hydrogen-bond acceptors (Lipinski definition) is 4. The highest BCUT2D eigenvalue weighted by atomic mass is 32.1. The summed E-state index contributed by atoms with van der Waals surface area (Å²) in [7, 11) is 5.81. The number of urea groups is 1. The molecule has 2 rings (SSSR count). The van der Waals surface area contributed by atoms with Crippen LogP contribution in [0.1, 0.15) is 6.42 Å². The standard InChI is InChI=1S/C18H23N3O3S/c1-21(2,3)12-15(11-17(22)23)20-18(24)19-14-8-6-13(7-9-14)16-5-4-10-25-16/h4-10,15H,11-12H2,1-3H3,(H2-,19,20,22,23,24). The molecule has 134 valence electrons.